The van der Waals surface area contributed by atoms with E-state index in [2.05, 4.69) is 12.2 Å². The molecule has 0 aliphatic rings. The molecule has 0 saturated carbocycles. The van der Waals surface area contributed by atoms with Crippen LogP contribution in [0, 0.1) is 0 Å². The molecule has 0 bridgehead atoms. The van der Waals surface area contributed by atoms with E-state index < -0.39 is 5.90 Å². The number of ether oxygens (including phenoxy) is 1. The van der Waals surface area contributed by atoms with Gasteiger partial charge in [-0.05, 0) is 24.3 Å². The highest BCUT2D eigenvalue weighted by Gasteiger charge is 2.07. The minimum absolute atomic E-state index is 0.691. The van der Waals surface area contributed by atoms with Crippen molar-refractivity contribution in [2.24, 2.45) is 0 Å². The third-order valence-electron chi connectivity index (χ3n) is 1.29. The summed E-state index contributed by atoms with van der Waals surface area (Å²) in [5.41, 5.74) is 0. The van der Waals surface area contributed by atoms with Gasteiger partial charge in [0, 0.05) is 0 Å². The van der Waals surface area contributed by atoms with E-state index in [0.717, 1.165) is 11.1 Å². The molecule has 0 amide bonds. The third-order valence-corrected chi connectivity index (χ3v) is 3.36. The van der Waals surface area contributed by atoms with Crippen molar-refractivity contribution in [1.82, 2.24) is 0 Å². The van der Waals surface area contributed by atoms with Gasteiger partial charge in [0.2, 0.25) is 0 Å². The molecule has 11 heavy (non-hydrogen) atoms. The highest BCUT2D eigenvalue weighted by Crippen LogP contribution is 2.25. The lowest BCUT2D eigenvalue weighted by molar-refractivity contribution is 0.415. The molecule has 1 aromatic rings. The Labute approximate surface area is 77.3 Å². The fourth-order valence-corrected chi connectivity index (χ4v) is 1.88. The first-order valence-electron chi connectivity index (χ1n) is 3.04. The number of benzene rings is 1. The molecule has 0 radical (unpaired) electrons. The normalized spacial score (nSPS) is 10.9. The molecule has 58 valence electrons. The Kier molecular flexibility index (Phi) is 3.31. The van der Waals surface area contributed by atoms with E-state index in [0.29, 0.717) is 0 Å². The van der Waals surface area contributed by atoms with E-state index in [1.54, 1.807) is 7.11 Å². The maximum atomic E-state index is 5.01. The number of hydrogen-bond acceptors (Lipinski definition) is 2. The van der Waals surface area contributed by atoms with Crippen molar-refractivity contribution in [2.75, 3.05) is 7.11 Å². The SMILES string of the molecule is COc1ccc([P+](=S)S)cc1. The summed E-state index contributed by atoms with van der Waals surface area (Å²) in [5.74, 6) is 0.165. The van der Waals surface area contributed by atoms with E-state index in [4.69, 9.17) is 16.5 Å². The van der Waals surface area contributed by atoms with Gasteiger partial charge in [0.05, 0.1) is 19.4 Å². The Morgan fingerprint density at radius 1 is 1.36 bits per heavy atom. The lowest BCUT2D eigenvalue weighted by Gasteiger charge is -1.95. The van der Waals surface area contributed by atoms with Crippen LogP contribution in [0.5, 0.6) is 5.75 Å². The first-order chi connectivity index (χ1) is 5.24. The van der Waals surface area contributed by atoms with E-state index in [1.165, 1.54) is 0 Å². The highest BCUT2D eigenvalue weighted by atomic mass is 32.9. The van der Waals surface area contributed by atoms with Gasteiger partial charge in [-0.1, -0.05) is 0 Å². The van der Waals surface area contributed by atoms with Crippen molar-refractivity contribution < 1.29 is 4.74 Å². The lowest BCUT2D eigenvalue weighted by Crippen LogP contribution is -1.92. The fraction of sp³-hybridized carbons (Fsp3) is 0.143. The summed E-state index contributed by atoms with van der Waals surface area (Å²) in [5, 5.41) is 1.10. The van der Waals surface area contributed by atoms with Crippen LogP contribution in [-0.4, -0.2) is 7.11 Å². The third kappa shape index (κ3) is 2.44. The van der Waals surface area contributed by atoms with E-state index in [-0.39, 0.29) is 0 Å². The zero-order valence-corrected chi connectivity index (χ0v) is 8.63. The van der Waals surface area contributed by atoms with Gasteiger partial charge >= 0.3 is 0 Å². The molecule has 1 rings (SSSR count). The van der Waals surface area contributed by atoms with Crippen LogP contribution in [-0.2, 0) is 11.8 Å². The zero-order valence-electron chi connectivity index (χ0n) is 6.02. The largest absolute Gasteiger partial charge is 0.497 e. The van der Waals surface area contributed by atoms with E-state index in [1.807, 2.05) is 24.3 Å². The lowest BCUT2D eigenvalue weighted by atomic mass is 10.3. The van der Waals surface area contributed by atoms with Crippen LogP contribution >= 0.6 is 18.1 Å². The van der Waals surface area contributed by atoms with Gasteiger partial charge < -0.3 is 4.74 Å². The molecule has 0 heterocycles. The molecule has 0 aliphatic heterocycles. The Hall–Kier alpha value is -0.110. The first-order valence-corrected chi connectivity index (χ1v) is 6.55. The minimum Gasteiger partial charge on any atom is -0.497 e. The molecule has 4 heteroatoms. The quantitative estimate of drug-likeness (QED) is 0.582. The zero-order chi connectivity index (χ0) is 8.27. The topological polar surface area (TPSA) is 9.23 Å². The van der Waals surface area contributed by atoms with Crippen molar-refractivity contribution in [2.45, 2.75) is 0 Å². The Morgan fingerprint density at radius 2 is 1.91 bits per heavy atom. The Morgan fingerprint density at radius 3 is 2.27 bits per heavy atom. The molecule has 1 nitrogen and oxygen atoms in total. The van der Waals surface area contributed by atoms with Crippen molar-refractivity contribution >= 4 is 35.3 Å². The predicted molar refractivity (Wildman–Crippen MR) is 55.9 cm³/mol. The van der Waals surface area contributed by atoms with Gasteiger partial charge in [-0.3, -0.25) is 0 Å². The van der Waals surface area contributed by atoms with Gasteiger partial charge in [0.1, 0.15) is 5.75 Å². The van der Waals surface area contributed by atoms with Crippen LogP contribution in [0.15, 0.2) is 24.3 Å². The van der Waals surface area contributed by atoms with Crippen LogP contribution in [0.25, 0.3) is 0 Å². The standard InChI is InChI=1S/C7H7OPS2/c1-8-6-2-4-7(5-3-6)9(10)11/h2-5H,1H3/p+1. The summed E-state index contributed by atoms with van der Waals surface area (Å²) < 4.78 is 5.00. The van der Waals surface area contributed by atoms with E-state index >= 15 is 0 Å². The molecule has 0 spiro atoms. The van der Waals surface area contributed by atoms with Crippen molar-refractivity contribution in [3.63, 3.8) is 0 Å². The number of thiol groups is 1. The number of methoxy groups -OCH3 is 1. The summed E-state index contributed by atoms with van der Waals surface area (Å²) in [4.78, 5) is 0. The average Bonchev–Trinajstić information content (AvgIpc) is 2.05. The Bertz CT molecular complexity index is 258. The van der Waals surface area contributed by atoms with Crippen LogP contribution in [0.4, 0.5) is 0 Å². The molecule has 1 atom stereocenters. The van der Waals surface area contributed by atoms with Gasteiger partial charge in [-0.2, -0.15) is 0 Å². The monoisotopic (exact) mass is 203 g/mol. The molecular weight excluding hydrogens is 195 g/mol. The second-order valence-corrected chi connectivity index (χ2v) is 6.14. The number of hydrogen-bond donors (Lipinski definition) is 1. The van der Waals surface area contributed by atoms with Gasteiger partial charge in [-0.25, -0.2) is 0 Å². The first kappa shape index (κ1) is 8.98. The smallest absolute Gasteiger partial charge is 0.280 e. The second-order valence-electron chi connectivity index (χ2n) is 1.97. The van der Waals surface area contributed by atoms with Gasteiger partial charge in [0.15, 0.2) is 17.1 Å². The van der Waals surface area contributed by atoms with Crippen molar-refractivity contribution in [3.8, 4) is 5.75 Å². The fourth-order valence-electron chi connectivity index (χ4n) is 0.710. The molecule has 0 saturated heterocycles. The summed E-state index contributed by atoms with van der Waals surface area (Å²) in [7, 11) is 1.65. The number of rotatable bonds is 2. The van der Waals surface area contributed by atoms with Crippen LogP contribution in [0.1, 0.15) is 0 Å². The maximum absolute atomic E-state index is 5.01. The molecule has 0 fully saturated rings. The summed E-state index contributed by atoms with van der Waals surface area (Å²) in [6.45, 7) is 0. The van der Waals surface area contributed by atoms with Crippen LogP contribution in [0.3, 0.4) is 0 Å². The van der Waals surface area contributed by atoms with E-state index in [9.17, 15) is 0 Å². The molecule has 0 aliphatic carbocycles. The predicted octanol–water partition coefficient (Wildman–Crippen LogP) is 2.11. The Balaban J connectivity index is 2.91. The van der Waals surface area contributed by atoms with Crippen molar-refractivity contribution in [1.29, 1.82) is 0 Å². The van der Waals surface area contributed by atoms with Crippen molar-refractivity contribution in [3.05, 3.63) is 24.3 Å². The van der Waals surface area contributed by atoms with Gasteiger partial charge in [0.25, 0.3) is 5.90 Å². The summed E-state index contributed by atoms with van der Waals surface area (Å²) in [6.07, 6.45) is 0. The molecular formula is C7H8OPS2+. The molecule has 0 aromatic heterocycles. The minimum atomic E-state index is -0.691. The average molecular weight is 203 g/mol. The van der Waals surface area contributed by atoms with Crippen LogP contribution in [0.2, 0.25) is 0 Å². The second kappa shape index (κ2) is 4.05. The van der Waals surface area contributed by atoms with Gasteiger partial charge in [-0.15, -0.1) is 0 Å². The molecule has 1 aromatic carbocycles. The highest BCUT2D eigenvalue weighted by molar-refractivity contribution is 8.58. The van der Waals surface area contributed by atoms with Crippen LogP contribution < -0.4 is 10.0 Å². The summed E-state index contributed by atoms with van der Waals surface area (Å²) >= 11 is 9.20. The maximum Gasteiger partial charge on any atom is 0.280 e. The molecule has 1 unspecified atom stereocenters. The summed E-state index contributed by atoms with van der Waals surface area (Å²) in [6, 6.07) is 7.69. The molecule has 0 N–H and O–H groups in total.